The van der Waals surface area contributed by atoms with Gasteiger partial charge in [0.15, 0.2) is 5.82 Å². The fourth-order valence-corrected chi connectivity index (χ4v) is 10.5. The van der Waals surface area contributed by atoms with Crippen molar-refractivity contribution in [1.29, 1.82) is 0 Å². The van der Waals surface area contributed by atoms with Crippen LogP contribution in [0.5, 0.6) is 0 Å². The third kappa shape index (κ3) is 6.67. The molecule has 0 amide bonds. The highest BCUT2D eigenvalue weighted by molar-refractivity contribution is 7.26. The Morgan fingerprint density at radius 2 is 0.810 bits per heavy atom. The van der Waals surface area contributed by atoms with E-state index in [1.54, 1.807) is 0 Å². The largest absolute Gasteiger partial charge is 0.228 e. The molecule has 0 radical (unpaired) electrons. The summed E-state index contributed by atoms with van der Waals surface area (Å²) in [7, 11) is 0. The maximum absolute atomic E-state index is 5.18. The van der Waals surface area contributed by atoms with E-state index in [-0.39, 0.29) is 0 Å². The van der Waals surface area contributed by atoms with Crippen molar-refractivity contribution >= 4 is 53.1 Å². The zero-order valence-electron chi connectivity index (χ0n) is 34.2. The smallest absolute Gasteiger partial charge is 0.160 e. The van der Waals surface area contributed by atoms with Crippen LogP contribution in [0.1, 0.15) is 0 Å². The van der Waals surface area contributed by atoms with Gasteiger partial charge in [-0.05, 0) is 90.8 Å². The van der Waals surface area contributed by atoms with E-state index in [0.29, 0.717) is 5.82 Å². The molecule has 0 spiro atoms. The molecule has 12 rings (SSSR count). The van der Waals surface area contributed by atoms with Crippen LogP contribution in [0, 0.1) is 0 Å². The van der Waals surface area contributed by atoms with E-state index in [1.165, 1.54) is 75.1 Å². The summed E-state index contributed by atoms with van der Waals surface area (Å²) in [6, 6.07) is 82.9. The molecule has 0 aliphatic carbocycles. The number of hydrogen-bond acceptors (Lipinski definition) is 3. The molecule has 2 nitrogen and oxygen atoms in total. The van der Waals surface area contributed by atoms with Gasteiger partial charge in [0.1, 0.15) is 0 Å². The maximum Gasteiger partial charge on any atom is 0.160 e. The molecule has 2 aromatic heterocycles. The highest BCUT2D eigenvalue weighted by atomic mass is 32.1. The summed E-state index contributed by atoms with van der Waals surface area (Å²) < 4.78 is 2.64. The standard InChI is InChI=1S/C60H38N2S/c1-3-15-39(16-4-1)40-31-33-42(34-32-40)55-38-56(62-60(61-55)43-18-5-2-6-19-43)47-24-12-22-45(36-47)44-21-11-23-46(35-44)49-27-14-29-51-53(49)37-54(50-28-13-20-41-17-7-8-25-48(41)50)59-58(51)52-26-9-10-30-57(52)63-59/h1-38H. The van der Waals surface area contributed by atoms with Crippen LogP contribution in [0.25, 0.3) is 120 Å². The lowest BCUT2D eigenvalue weighted by molar-refractivity contribution is 1.18. The highest BCUT2D eigenvalue weighted by Gasteiger charge is 2.19. The van der Waals surface area contributed by atoms with Crippen molar-refractivity contribution in [2.45, 2.75) is 0 Å². The van der Waals surface area contributed by atoms with Crippen LogP contribution in [0.15, 0.2) is 231 Å². The van der Waals surface area contributed by atoms with Gasteiger partial charge in [-0.1, -0.05) is 200 Å². The molecule has 0 aliphatic heterocycles. The molecule has 3 heteroatoms. The number of thiophene rings is 1. The first kappa shape index (κ1) is 36.8. The summed E-state index contributed by atoms with van der Waals surface area (Å²) >= 11 is 1.90. The van der Waals surface area contributed by atoms with Gasteiger partial charge in [0.2, 0.25) is 0 Å². The van der Waals surface area contributed by atoms with Crippen LogP contribution in [0.3, 0.4) is 0 Å². The van der Waals surface area contributed by atoms with Crippen LogP contribution >= 0.6 is 11.3 Å². The van der Waals surface area contributed by atoms with Crippen molar-refractivity contribution in [2.75, 3.05) is 0 Å². The fourth-order valence-electron chi connectivity index (χ4n) is 9.21. The average molecular weight is 819 g/mol. The monoisotopic (exact) mass is 818 g/mol. The SMILES string of the molecule is c1ccc(-c2ccc(-c3cc(-c4cccc(-c5cccc(-c6cccc7c6cc(-c6cccc8ccccc68)c6sc8ccccc8c67)c5)c4)nc(-c4ccccc4)n3)cc2)cc1. The Morgan fingerprint density at radius 3 is 1.60 bits per heavy atom. The Balaban J connectivity index is 0.978. The van der Waals surface area contributed by atoms with Crippen molar-refractivity contribution in [3.05, 3.63) is 231 Å². The summed E-state index contributed by atoms with van der Waals surface area (Å²) in [4.78, 5) is 10.3. The topological polar surface area (TPSA) is 25.8 Å². The third-order valence-electron chi connectivity index (χ3n) is 12.3. The Hall–Kier alpha value is -7.98. The first-order valence-electron chi connectivity index (χ1n) is 21.4. The third-order valence-corrected chi connectivity index (χ3v) is 13.5. The number of rotatable bonds is 7. The van der Waals surface area contributed by atoms with Crippen LogP contribution in [0.4, 0.5) is 0 Å². The van der Waals surface area contributed by atoms with E-state index in [1.807, 2.05) is 35.6 Å². The number of benzene rings is 10. The number of hydrogen-bond donors (Lipinski definition) is 0. The fraction of sp³-hybridized carbons (Fsp3) is 0. The average Bonchev–Trinajstić information content (AvgIpc) is 3.77. The van der Waals surface area contributed by atoms with Gasteiger partial charge < -0.3 is 0 Å². The lowest BCUT2D eigenvalue weighted by atomic mass is 9.89. The highest BCUT2D eigenvalue weighted by Crippen LogP contribution is 2.47. The molecule has 0 N–H and O–H groups in total. The molecule has 0 saturated heterocycles. The zero-order chi connectivity index (χ0) is 41.7. The Bertz CT molecular complexity index is 3660. The molecule has 0 aliphatic rings. The number of aromatic nitrogens is 2. The van der Waals surface area contributed by atoms with E-state index in [2.05, 4.69) is 206 Å². The predicted octanol–water partition coefficient (Wildman–Crippen LogP) is 16.8. The van der Waals surface area contributed by atoms with Crippen molar-refractivity contribution in [3.8, 4) is 78.4 Å². The maximum atomic E-state index is 5.18. The van der Waals surface area contributed by atoms with Gasteiger partial charge in [0.05, 0.1) is 11.4 Å². The minimum absolute atomic E-state index is 0.703. The van der Waals surface area contributed by atoms with Crippen LogP contribution in [-0.4, -0.2) is 9.97 Å². The molecule has 294 valence electrons. The molecule has 0 bridgehead atoms. The molecule has 63 heavy (non-hydrogen) atoms. The second-order valence-electron chi connectivity index (χ2n) is 16.1. The molecule has 2 heterocycles. The lowest BCUT2D eigenvalue weighted by Gasteiger charge is -2.15. The van der Waals surface area contributed by atoms with Gasteiger partial charge in [0, 0.05) is 42.4 Å². The summed E-state index contributed by atoms with van der Waals surface area (Å²) in [5.74, 6) is 0.703. The molecular formula is C60H38N2S. The molecule has 10 aromatic carbocycles. The van der Waals surface area contributed by atoms with Gasteiger partial charge >= 0.3 is 0 Å². The van der Waals surface area contributed by atoms with Gasteiger partial charge in [0.25, 0.3) is 0 Å². The van der Waals surface area contributed by atoms with Crippen LogP contribution in [0.2, 0.25) is 0 Å². The summed E-state index contributed by atoms with van der Waals surface area (Å²) in [6.07, 6.45) is 0. The van der Waals surface area contributed by atoms with Gasteiger partial charge in [-0.25, -0.2) is 9.97 Å². The number of fused-ring (bicyclic) bond motifs is 6. The molecule has 12 aromatic rings. The molecular weight excluding hydrogens is 781 g/mol. The summed E-state index contributed by atoms with van der Waals surface area (Å²) in [5, 5.41) is 7.68. The molecule has 0 atom stereocenters. The normalized spacial score (nSPS) is 11.5. The minimum Gasteiger partial charge on any atom is -0.228 e. The van der Waals surface area contributed by atoms with Gasteiger partial charge in [-0.15, -0.1) is 11.3 Å². The quantitative estimate of drug-likeness (QED) is 0.160. The number of nitrogens with zero attached hydrogens (tertiary/aromatic N) is 2. The van der Waals surface area contributed by atoms with Gasteiger partial charge in [-0.3, -0.25) is 0 Å². The van der Waals surface area contributed by atoms with E-state index in [4.69, 9.17) is 9.97 Å². The second kappa shape index (κ2) is 15.5. The van der Waals surface area contributed by atoms with Crippen LogP contribution < -0.4 is 0 Å². The summed E-state index contributed by atoms with van der Waals surface area (Å²) in [5.41, 5.74) is 14.4. The van der Waals surface area contributed by atoms with E-state index < -0.39 is 0 Å². The predicted molar refractivity (Wildman–Crippen MR) is 268 cm³/mol. The zero-order valence-corrected chi connectivity index (χ0v) is 35.1. The Morgan fingerprint density at radius 1 is 0.286 bits per heavy atom. The van der Waals surface area contributed by atoms with Crippen molar-refractivity contribution in [2.24, 2.45) is 0 Å². The summed E-state index contributed by atoms with van der Waals surface area (Å²) in [6.45, 7) is 0. The van der Waals surface area contributed by atoms with Crippen molar-refractivity contribution in [1.82, 2.24) is 9.97 Å². The Labute approximate surface area is 370 Å². The van der Waals surface area contributed by atoms with Crippen molar-refractivity contribution < 1.29 is 0 Å². The second-order valence-corrected chi connectivity index (χ2v) is 17.1. The minimum atomic E-state index is 0.703. The first-order chi connectivity index (χ1) is 31.2. The Kier molecular flexibility index (Phi) is 9.06. The molecule has 0 unspecified atom stereocenters. The van der Waals surface area contributed by atoms with Crippen LogP contribution in [-0.2, 0) is 0 Å². The first-order valence-corrected chi connectivity index (χ1v) is 22.2. The molecule has 0 fully saturated rings. The lowest BCUT2D eigenvalue weighted by Crippen LogP contribution is -1.96. The van der Waals surface area contributed by atoms with Crippen molar-refractivity contribution in [3.63, 3.8) is 0 Å². The molecule has 0 saturated carbocycles. The van der Waals surface area contributed by atoms with Gasteiger partial charge in [-0.2, -0.15) is 0 Å². The van der Waals surface area contributed by atoms with E-state index in [9.17, 15) is 0 Å². The van der Waals surface area contributed by atoms with E-state index in [0.717, 1.165) is 39.2 Å². The van der Waals surface area contributed by atoms with E-state index >= 15 is 0 Å².